The molecule has 4 nitrogen and oxygen atoms in total. The zero-order valence-corrected chi connectivity index (χ0v) is 13.8. The van der Waals surface area contributed by atoms with Crippen molar-refractivity contribution in [2.75, 3.05) is 17.2 Å². The molecule has 0 aliphatic carbocycles. The lowest BCUT2D eigenvalue weighted by Crippen LogP contribution is -2.21. The third-order valence-corrected chi connectivity index (χ3v) is 4.27. The summed E-state index contributed by atoms with van der Waals surface area (Å²) in [6, 6.07) is 19.4. The molecule has 2 N–H and O–H groups in total. The topological polar surface area (TPSA) is 64.9 Å². The van der Waals surface area contributed by atoms with Crippen LogP contribution in [0.2, 0.25) is 0 Å². The maximum Gasteiger partial charge on any atom is 0.243 e. The lowest BCUT2D eigenvalue weighted by atomic mass is 10.3. The molecule has 0 aliphatic heterocycles. The van der Waals surface area contributed by atoms with Gasteiger partial charge in [0.05, 0.1) is 12.6 Å². The highest BCUT2D eigenvalue weighted by molar-refractivity contribution is 8.00. The number of thioether (sulfide) groups is 1. The number of rotatable bonds is 7. The first kappa shape index (κ1) is 16.9. The fraction of sp³-hybridized carbons (Fsp3) is 0.222. The van der Waals surface area contributed by atoms with Crippen molar-refractivity contribution in [3.8, 4) is 6.07 Å². The molecule has 0 fully saturated rings. The highest BCUT2D eigenvalue weighted by Crippen LogP contribution is 2.31. The van der Waals surface area contributed by atoms with Crippen molar-refractivity contribution in [2.45, 2.75) is 23.5 Å². The third kappa shape index (κ3) is 5.68. The van der Waals surface area contributed by atoms with Crippen LogP contribution in [-0.2, 0) is 4.79 Å². The van der Waals surface area contributed by atoms with Gasteiger partial charge >= 0.3 is 0 Å². The molecule has 5 heteroatoms. The number of anilines is 2. The Kier molecular flexibility index (Phi) is 6.52. The number of amides is 1. The monoisotopic (exact) mass is 325 g/mol. The number of carbonyl (C=O) groups is 1. The fourth-order valence-electron chi connectivity index (χ4n) is 2.00. The van der Waals surface area contributed by atoms with Gasteiger partial charge in [-0.3, -0.25) is 4.79 Å². The molecule has 2 rings (SSSR count). The van der Waals surface area contributed by atoms with Crippen molar-refractivity contribution in [1.82, 2.24) is 0 Å². The number of hydrogen-bond acceptors (Lipinski definition) is 4. The van der Waals surface area contributed by atoms with Gasteiger partial charge in [0.15, 0.2) is 0 Å². The molecule has 0 spiro atoms. The molecule has 1 atom stereocenters. The summed E-state index contributed by atoms with van der Waals surface area (Å²) < 4.78 is 0. The number of para-hydroxylation sites is 2. The van der Waals surface area contributed by atoms with Crippen LogP contribution >= 0.6 is 11.8 Å². The first-order valence-corrected chi connectivity index (χ1v) is 8.28. The summed E-state index contributed by atoms with van der Waals surface area (Å²) in [4.78, 5) is 13.0. The summed E-state index contributed by atoms with van der Waals surface area (Å²) in [5.74, 6) is -0.0962. The van der Waals surface area contributed by atoms with E-state index in [0.717, 1.165) is 16.3 Å². The predicted molar refractivity (Wildman–Crippen MR) is 95.6 cm³/mol. The SMILES string of the molecule is C[C@H](CC#N)Sc1ccccc1NCC(=O)Nc1ccccc1. The molecule has 0 saturated carbocycles. The summed E-state index contributed by atoms with van der Waals surface area (Å²) >= 11 is 1.63. The highest BCUT2D eigenvalue weighted by atomic mass is 32.2. The maximum atomic E-state index is 12.0. The number of nitrogens with one attached hydrogen (secondary N) is 2. The van der Waals surface area contributed by atoms with Crippen molar-refractivity contribution < 1.29 is 4.79 Å². The van der Waals surface area contributed by atoms with Crippen LogP contribution in [0.25, 0.3) is 0 Å². The van der Waals surface area contributed by atoms with Gasteiger partial charge in [-0.15, -0.1) is 11.8 Å². The van der Waals surface area contributed by atoms with Crippen LogP contribution in [0.5, 0.6) is 0 Å². The van der Waals surface area contributed by atoms with E-state index in [1.165, 1.54) is 0 Å². The fourth-order valence-corrected chi connectivity index (χ4v) is 3.02. The summed E-state index contributed by atoms with van der Waals surface area (Å²) in [6.07, 6.45) is 0.494. The number of nitriles is 1. The van der Waals surface area contributed by atoms with Crippen molar-refractivity contribution in [3.63, 3.8) is 0 Å². The predicted octanol–water partition coefficient (Wildman–Crippen LogP) is 4.13. The Labute approximate surface area is 140 Å². The van der Waals surface area contributed by atoms with Crippen molar-refractivity contribution in [1.29, 1.82) is 5.26 Å². The normalized spacial score (nSPS) is 11.3. The van der Waals surface area contributed by atoms with Gasteiger partial charge in [-0.2, -0.15) is 5.26 Å². The van der Waals surface area contributed by atoms with Crippen molar-refractivity contribution in [3.05, 3.63) is 54.6 Å². The first-order chi connectivity index (χ1) is 11.2. The van der Waals surface area contributed by atoms with Crippen molar-refractivity contribution >= 4 is 29.0 Å². The minimum absolute atomic E-state index is 0.0962. The van der Waals surface area contributed by atoms with Crippen LogP contribution in [0, 0.1) is 11.3 Å². The second-order valence-electron chi connectivity index (χ2n) is 5.05. The zero-order valence-electron chi connectivity index (χ0n) is 13.0. The van der Waals surface area contributed by atoms with Gasteiger partial charge in [-0.05, 0) is 24.3 Å². The van der Waals surface area contributed by atoms with Crippen LogP contribution in [-0.4, -0.2) is 17.7 Å². The van der Waals surface area contributed by atoms with E-state index in [2.05, 4.69) is 16.7 Å². The smallest absolute Gasteiger partial charge is 0.243 e. The molecule has 0 radical (unpaired) electrons. The number of carbonyl (C=O) groups excluding carboxylic acids is 1. The van der Waals surface area contributed by atoms with Crippen LogP contribution in [0.3, 0.4) is 0 Å². The standard InChI is InChI=1S/C18H19N3OS/c1-14(11-12-19)23-17-10-6-5-9-16(17)20-13-18(22)21-15-7-3-2-4-8-15/h2-10,14,20H,11,13H2,1H3,(H,21,22)/t14-/m1/s1. The molecule has 23 heavy (non-hydrogen) atoms. The summed E-state index contributed by atoms with van der Waals surface area (Å²) in [5, 5.41) is 15.0. The lowest BCUT2D eigenvalue weighted by Gasteiger charge is -2.14. The van der Waals surface area contributed by atoms with Crippen LogP contribution in [0.4, 0.5) is 11.4 Å². The largest absolute Gasteiger partial charge is 0.375 e. The number of benzene rings is 2. The van der Waals surface area contributed by atoms with E-state index in [9.17, 15) is 4.79 Å². The van der Waals surface area contributed by atoms with E-state index in [0.29, 0.717) is 6.42 Å². The average Bonchev–Trinajstić information content (AvgIpc) is 2.55. The number of nitrogens with zero attached hydrogens (tertiary/aromatic N) is 1. The summed E-state index contributed by atoms with van der Waals surface area (Å²) in [7, 11) is 0. The molecule has 0 heterocycles. The zero-order chi connectivity index (χ0) is 16.5. The van der Waals surface area contributed by atoms with E-state index in [1.54, 1.807) is 11.8 Å². The van der Waals surface area contributed by atoms with Crippen molar-refractivity contribution in [2.24, 2.45) is 0 Å². The van der Waals surface area contributed by atoms with Crippen LogP contribution < -0.4 is 10.6 Å². The Morgan fingerprint density at radius 2 is 1.87 bits per heavy atom. The van der Waals surface area contributed by atoms with E-state index in [4.69, 9.17) is 5.26 Å². The molecule has 0 unspecified atom stereocenters. The van der Waals surface area contributed by atoms with E-state index >= 15 is 0 Å². The Hall–Kier alpha value is -2.45. The Bertz CT molecular complexity index is 682. The Morgan fingerprint density at radius 3 is 2.61 bits per heavy atom. The van der Waals surface area contributed by atoms with Gasteiger partial charge in [-0.1, -0.05) is 37.3 Å². The van der Waals surface area contributed by atoms with E-state index in [1.807, 2.05) is 61.5 Å². The van der Waals surface area contributed by atoms with Gasteiger partial charge in [-0.25, -0.2) is 0 Å². The van der Waals surface area contributed by atoms with Gasteiger partial charge in [0.1, 0.15) is 0 Å². The van der Waals surface area contributed by atoms with Crippen LogP contribution in [0.15, 0.2) is 59.5 Å². The Morgan fingerprint density at radius 1 is 1.17 bits per heavy atom. The molecule has 0 aliphatic rings. The van der Waals surface area contributed by atoms with Gasteiger partial charge in [0, 0.05) is 27.9 Å². The van der Waals surface area contributed by atoms with Gasteiger partial charge in [0.25, 0.3) is 0 Å². The molecule has 1 amide bonds. The number of hydrogen-bond donors (Lipinski definition) is 2. The first-order valence-electron chi connectivity index (χ1n) is 7.40. The van der Waals surface area contributed by atoms with Crippen LogP contribution in [0.1, 0.15) is 13.3 Å². The molecular weight excluding hydrogens is 306 g/mol. The third-order valence-electron chi connectivity index (χ3n) is 3.09. The molecule has 0 bridgehead atoms. The lowest BCUT2D eigenvalue weighted by molar-refractivity contribution is -0.114. The average molecular weight is 325 g/mol. The Balaban J connectivity index is 1.92. The molecule has 2 aromatic carbocycles. The molecule has 2 aromatic rings. The maximum absolute atomic E-state index is 12.0. The highest BCUT2D eigenvalue weighted by Gasteiger charge is 2.09. The molecular formula is C18H19N3OS. The van der Waals surface area contributed by atoms with Gasteiger partial charge in [0.2, 0.25) is 5.91 Å². The minimum atomic E-state index is -0.0962. The molecule has 0 saturated heterocycles. The van der Waals surface area contributed by atoms with Gasteiger partial charge < -0.3 is 10.6 Å². The summed E-state index contributed by atoms with van der Waals surface area (Å²) in [5.41, 5.74) is 1.69. The second-order valence-corrected chi connectivity index (χ2v) is 6.53. The molecule has 0 aromatic heterocycles. The second kappa shape index (κ2) is 8.86. The summed E-state index contributed by atoms with van der Waals surface area (Å²) in [6.45, 7) is 2.21. The molecule has 118 valence electrons. The quantitative estimate of drug-likeness (QED) is 0.751. The minimum Gasteiger partial charge on any atom is -0.375 e. The van der Waals surface area contributed by atoms with E-state index < -0.39 is 0 Å². The van der Waals surface area contributed by atoms with E-state index in [-0.39, 0.29) is 17.7 Å².